The van der Waals surface area contributed by atoms with Crippen LogP contribution in [0.2, 0.25) is 0 Å². The van der Waals surface area contributed by atoms with Gasteiger partial charge in [0.2, 0.25) is 0 Å². The number of fused-ring (bicyclic) bond motifs is 1. The Bertz CT molecular complexity index is 765. The summed E-state index contributed by atoms with van der Waals surface area (Å²) < 4.78 is 1.72. The number of nitrogen functional groups attached to an aromatic ring is 1. The maximum absolute atomic E-state index is 9.11. The Hall–Kier alpha value is -2.80. The lowest BCUT2D eigenvalue weighted by molar-refractivity contribution is 0.888. The predicted molar refractivity (Wildman–Crippen MR) is 70.2 cm³/mol. The van der Waals surface area contributed by atoms with Crippen molar-refractivity contribution in [2.45, 2.75) is 0 Å². The standard InChI is InChI=1S/C14H10N4/c15-7-10-5-6-14(18-9-11(16)8-17-18)13-4-2-1-3-12(10)13/h1-6,8-9H,16H2. The zero-order valence-corrected chi connectivity index (χ0v) is 9.54. The number of nitriles is 1. The van der Waals surface area contributed by atoms with Crippen LogP contribution < -0.4 is 5.73 Å². The summed E-state index contributed by atoms with van der Waals surface area (Å²) in [6, 6.07) is 13.7. The third kappa shape index (κ3) is 1.50. The van der Waals surface area contributed by atoms with E-state index in [9.17, 15) is 0 Å². The Balaban J connectivity index is 2.35. The molecule has 2 aromatic carbocycles. The second-order valence-electron chi connectivity index (χ2n) is 4.01. The normalized spacial score (nSPS) is 10.4. The SMILES string of the molecule is N#Cc1ccc(-n2cc(N)cn2)c2ccccc12. The fourth-order valence-electron chi connectivity index (χ4n) is 2.05. The summed E-state index contributed by atoms with van der Waals surface area (Å²) in [5.74, 6) is 0. The highest BCUT2D eigenvalue weighted by molar-refractivity contribution is 5.94. The van der Waals surface area contributed by atoms with E-state index in [0.29, 0.717) is 11.3 Å². The van der Waals surface area contributed by atoms with Crippen LogP contribution in [0.1, 0.15) is 5.56 Å². The molecular formula is C14H10N4. The highest BCUT2D eigenvalue weighted by Crippen LogP contribution is 2.25. The molecule has 4 nitrogen and oxygen atoms in total. The summed E-state index contributed by atoms with van der Waals surface area (Å²) in [6.07, 6.45) is 3.36. The smallest absolute Gasteiger partial charge is 0.0998 e. The first kappa shape index (κ1) is 10.4. The van der Waals surface area contributed by atoms with E-state index >= 15 is 0 Å². The van der Waals surface area contributed by atoms with Gasteiger partial charge < -0.3 is 5.73 Å². The molecule has 0 aliphatic heterocycles. The number of nitrogens with two attached hydrogens (primary N) is 1. The molecule has 0 spiro atoms. The zero-order valence-electron chi connectivity index (χ0n) is 9.54. The average Bonchev–Trinajstić information content (AvgIpc) is 2.84. The second kappa shape index (κ2) is 3.90. The summed E-state index contributed by atoms with van der Waals surface area (Å²) in [6.45, 7) is 0. The largest absolute Gasteiger partial charge is 0.396 e. The topological polar surface area (TPSA) is 67.6 Å². The van der Waals surface area contributed by atoms with E-state index in [1.165, 1.54) is 0 Å². The van der Waals surface area contributed by atoms with E-state index in [-0.39, 0.29) is 0 Å². The van der Waals surface area contributed by atoms with E-state index in [2.05, 4.69) is 11.2 Å². The van der Waals surface area contributed by atoms with Gasteiger partial charge in [0.25, 0.3) is 0 Å². The minimum absolute atomic E-state index is 0.614. The van der Waals surface area contributed by atoms with Crippen LogP contribution in [0.25, 0.3) is 16.5 Å². The molecule has 1 aromatic heterocycles. The molecule has 4 heteroatoms. The van der Waals surface area contributed by atoms with Crippen LogP contribution in [0.3, 0.4) is 0 Å². The number of benzene rings is 2. The average molecular weight is 234 g/mol. The summed E-state index contributed by atoms with van der Waals surface area (Å²) in [5, 5.41) is 15.2. The van der Waals surface area contributed by atoms with Gasteiger partial charge in [0.05, 0.1) is 35.4 Å². The van der Waals surface area contributed by atoms with E-state index in [0.717, 1.165) is 16.5 Å². The van der Waals surface area contributed by atoms with E-state index in [1.54, 1.807) is 23.1 Å². The molecule has 0 saturated heterocycles. The molecule has 0 aliphatic rings. The first-order chi connectivity index (χ1) is 8.79. The highest BCUT2D eigenvalue weighted by atomic mass is 15.3. The molecule has 2 N–H and O–H groups in total. The molecule has 3 aromatic rings. The third-order valence-electron chi connectivity index (χ3n) is 2.87. The maximum Gasteiger partial charge on any atom is 0.0998 e. The molecule has 0 unspecified atom stereocenters. The fraction of sp³-hybridized carbons (Fsp3) is 0. The summed E-state index contributed by atoms with van der Waals surface area (Å²) in [5.41, 5.74) is 7.87. The van der Waals surface area contributed by atoms with Crippen molar-refractivity contribution >= 4 is 16.5 Å². The second-order valence-corrected chi connectivity index (χ2v) is 4.01. The molecular weight excluding hydrogens is 224 g/mol. The summed E-state index contributed by atoms with van der Waals surface area (Å²) in [7, 11) is 0. The van der Waals surface area contributed by atoms with Crippen molar-refractivity contribution in [1.82, 2.24) is 9.78 Å². The van der Waals surface area contributed by atoms with Gasteiger partial charge in [-0.1, -0.05) is 24.3 Å². The highest BCUT2D eigenvalue weighted by Gasteiger charge is 2.07. The summed E-state index contributed by atoms with van der Waals surface area (Å²) in [4.78, 5) is 0. The van der Waals surface area contributed by atoms with Crippen LogP contribution in [0.15, 0.2) is 48.8 Å². The lowest BCUT2D eigenvalue weighted by Gasteiger charge is -2.07. The van der Waals surface area contributed by atoms with Gasteiger partial charge in [-0.25, -0.2) is 4.68 Å². The van der Waals surface area contributed by atoms with Gasteiger partial charge >= 0.3 is 0 Å². The number of aromatic nitrogens is 2. The van der Waals surface area contributed by atoms with Crippen molar-refractivity contribution in [2.75, 3.05) is 5.73 Å². The van der Waals surface area contributed by atoms with Crippen molar-refractivity contribution in [3.8, 4) is 11.8 Å². The van der Waals surface area contributed by atoms with Crippen LogP contribution in [-0.2, 0) is 0 Å². The Kier molecular flexibility index (Phi) is 2.24. The van der Waals surface area contributed by atoms with Crippen LogP contribution in [0, 0.1) is 11.3 Å². The van der Waals surface area contributed by atoms with Crippen LogP contribution in [0.4, 0.5) is 5.69 Å². The number of nitrogens with zero attached hydrogens (tertiary/aromatic N) is 3. The molecule has 0 saturated carbocycles. The third-order valence-corrected chi connectivity index (χ3v) is 2.87. The van der Waals surface area contributed by atoms with E-state index in [1.807, 2.05) is 30.3 Å². The molecule has 0 aliphatic carbocycles. The van der Waals surface area contributed by atoms with Gasteiger partial charge in [-0.15, -0.1) is 0 Å². The molecule has 1 heterocycles. The lowest BCUT2D eigenvalue weighted by atomic mass is 10.0. The minimum atomic E-state index is 0.614. The van der Waals surface area contributed by atoms with E-state index in [4.69, 9.17) is 11.0 Å². The van der Waals surface area contributed by atoms with Crippen molar-refractivity contribution in [1.29, 1.82) is 5.26 Å². The molecule has 0 bridgehead atoms. The molecule has 0 fully saturated rings. The molecule has 18 heavy (non-hydrogen) atoms. The van der Waals surface area contributed by atoms with Crippen LogP contribution >= 0.6 is 0 Å². The number of rotatable bonds is 1. The molecule has 0 radical (unpaired) electrons. The van der Waals surface area contributed by atoms with Gasteiger partial charge in [0, 0.05) is 10.8 Å². The number of hydrogen-bond acceptors (Lipinski definition) is 3. The van der Waals surface area contributed by atoms with Crippen LogP contribution in [-0.4, -0.2) is 9.78 Å². The molecule has 0 amide bonds. The minimum Gasteiger partial charge on any atom is -0.396 e. The van der Waals surface area contributed by atoms with Crippen molar-refractivity contribution in [3.05, 3.63) is 54.4 Å². The van der Waals surface area contributed by atoms with Crippen molar-refractivity contribution in [2.24, 2.45) is 0 Å². The Morgan fingerprint density at radius 1 is 1.11 bits per heavy atom. The quantitative estimate of drug-likeness (QED) is 0.703. The van der Waals surface area contributed by atoms with Gasteiger partial charge in [-0.2, -0.15) is 10.4 Å². The van der Waals surface area contributed by atoms with Gasteiger partial charge in [-0.05, 0) is 12.1 Å². The van der Waals surface area contributed by atoms with Crippen LogP contribution in [0.5, 0.6) is 0 Å². The zero-order chi connectivity index (χ0) is 12.5. The first-order valence-corrected chi connectivity index (χ1v) is 5.52. The Labute approximate surface area is 104 Å². The Morgan fingerprint density at radius 2 is 1.89 bits per heavy atom. The molecule has 3 rings (SSSR count). The number of hydrogen-bond donors (Lipinski definition) is 1. The van der Waals surface area contributed by atoms with Gasteiger partial charge in [-0.3, -0.25) is 0 Å². The van der Waals surface area contributed by atoms with Gasteiger partial charge in [0.1, 0.15) is 0 Å². The number of anilines is 1. The lowest BCUT2D eigenvalue weighted by Crippen LogP contribution is -1.96. The summed E-state index contributed by atoms with van der Waals surface area (Å²) >= 11 is 0. The van der Waals surface area contributed by atoms with Crippen molar-refractivity contribution < 1.29 is 0 Å². The monoisotopic (exact) mass is 234 g/mol. The maximum atomic E-state index is 9.11. The molecule has 0 atom stereocenters. The predicted octanol–water partition coefficient (Wildman–Crippen LogP) is 2.48. The molecule has 86 valence electrons. The Morgan fingerprint density at radius 3 is 2.56 bits per heavy atom. The first-order valence-electron chi connectivity index (χ1n) is 5.52. The fourth-order valence-corrected chi connectivity index (χ4v) is 2.05. The van der Waals surface area contributed by atoms with Gasteiger partial charge in [0.15, 0.2) is 0 Å². The van der Waals surface area contributed by atoms with Crippen molar-refractivity contribution in [3.63, 3.8) is 0 Å². The van der Waals surface area contributed by atoms with E-state index < -0.39 is 0 Å².